The van der Waals surface area contributed by atoms with Crippen LogP contribution in [0.1, 0.15) is 48.7 Å². The number of carboxylic acid groups (broad SMARTS) is 1. The molecular weight excluding hydrogens is 348 g/mol. The fourth-order valence-corrected chi connectivity index (χ4v) is 3.96. The fraction of sp³-hybridized carbons (Fsp3) is 0.632. The number of piperidine rings is 1. The Kier molecular flexibility index (Phi) is 6.03. The van der Waals surface area contributed by atoms with E-state index in [0.29, 0.717) is 30.8 Å². The first-order valence-corrected chi connectivity index (χ1v) is 9.61. The molecule has 0 unspecified atom stereocenters. The molecule has 0 aliphatic carbocycles. The molecule has 146 valence electrons. The number of rotatable bonds is 5. The van der Waals surface area contributed by atoms with Crippen molar-refractivity contribution in [3.63, 3.8) is 0 Å². The highest BCUT2D eigenvalue weighted by Gasteiger charge is 2.39. The van der Waals surface area contributed by atoms with Crippen LogP contribution >= 0.6 is 0 Å². The predicted octanol–water partition coefficient (Wildman–Crippen LogP) is 1.21. The third-order valence-corrected chi connectivity index (χ3v) is 5.37. The first kappa shape index (κ1) is 19.3. The van der Waals surface area contributed by atoms with Crippen LogP contribution in [0.3, 0.4) is 0 Å². The van der Waals surface area contributed by atoms with Gasteiger partial charge in [-0.3, -0.25) is 14.4 Å². The minimum atomic E-state index is -0.968. The zero-order valence-corrected chi connectivity index (χ0v) is 15.6. The Bertz CT molecular complexity index is 717. The van der Waals surface area contributed by atoms with Crippen molar-refractivity contribution >= 4 is 17.8 Å². The molecule has 2 aliphatic rings. The third kappa shape index (κ3) is 4.26. The minimum Gasteiger partial charge on any atom is -0.481 e. The summed E-state index contributed by atoms with van der Waals surface area (Å²) in [7, 11) is 0. The maximum atomic E-state index is 13.1. The van der Waals surface area contributed by atoms with Gasteiger partial charge in [0.1, 0.15) is 6.33 Å². The van der Waals surface area contributed by atoms with Crippen LogP contribution in [0.25, 0.3) is 0 Å². The number of amides is 2. The van der Waals surface area contributed by atoms with Gasteiger partial charge in [0.15, 0.2) is 0 Å². The highest BCUT2D eigenvalue weighted by atomic mass is 16.4. The number of carbonyl (C=O) groups is 3. The molecule has 0 bridgehead atoms. The Morgan fingerprint density at radius 3 is 2.52 bits per heavy atom. The van der Waals surface area contributed by atoms with E-state index in [4.69, 9.17) is 0 Å². The van der Waals surface area contributed by atoms with Crippen molar-refractivity contribution in [3.05, 3.63) is 23.8 Å². The van der Waals surface area contributed by atoms with Gasteiger partial charge in [0, 0.05) is 32.4 Å². The monoisotopic (exact) mass is 374 g/mol. The van der Waals surface area contributed by atoms with Gasteiger partial charge in [0.2, 0.25) is 5.91 Å². The first-order chi connectivity index (χ1) is 13.0. The molecule has 1 N–H and O–H groups in total. The van der Waals surface area contributed by atoms with Gasteiger partial charge in [-0.05, 0) is 25.7 Å². The second-order valence-electron chi connectivity index (χ2n) is 7.34. The number of likely N-dealkylation sites (tertiary alicyclic amines) is 2. The van der Waals surface area contributed by atoms with Gasteiger partial charge in [-0.1, -0.05) is 13.3 Å². The van der Waals surface area contributed by atoms with Crippen molar-refractivity contribution in [1.82, 2.24) is 19.8 Å². The Labute approximate surface area is 158 Å². The summed E-state index contributed by atoms with van der Waals surface area (Å²) < 4.78 is 0. The largest absolute Gasteiger partial charge is 0.481 e. The molecule has 2 saturated heterocycles. The Hall–Kier alpha value is -2.51. The van der Waals surface area contributed by atoms with Gasteiger partial charge in [0.25, 0.3) is 5.91 Å². The zero-order valence-electron chi connectivity index (χ0n) is 15.6. The maximum Gasteiger partial charge on any atom is 0.308 e. The average Bonchev–Trinajstić information content (AvgIpc) is 3.22. The van der Waals surface area contributed by atoms with Crippen molar-refractivity contribution in [2.75, 3.05) is 26.2 Å². The predicted molar refractivity (Wildman–Crippen MR) is 97.0 cm³/mol. The number of carboxylic acids is 1. The van der Waals surface area contributed by atoms with Crippen LogP contribution in [0.15, 0.2) is 12.5 Å². The molecule has 0 aromatic carbocycles. The summed E-state index contributed by atoms with van der Waals surface area (Å²) in [5.41, 5.74) is 1.06. The van der Waals surface area contributed by atoms with Crippen LogP contribution in [-0.2, 0) is 16.0 Å². The first-order valence-electron chi connectivity index (χ1n) is 9.61. The summed E-state index contributed by atoms with van der Waals surface area (Å²) in [6.45, 7) is 3.79. The molecular formula is C19H26N4O4. The molecule has 0 saturated carbocycles. The van der Waals surface area contributed by atoms with Crippen molar-refractivity contribution < 1.29 is 19.5 Å². The van der Waals surface area contributed by atoms with Gasteiger partial charge in [-0.2, -0.15) is 0 Å². The third-order valence-electron chi connectivity index (χ3n) is 5.37. The number of aryl methyl sites for hydroxylation is 1. The van der Waals surface area contributed by atoms with Crippen LogP contribution in [0, 0.1) is 11.8 Å². The standard InChI is InChI=1S/C19H26N4O4/c1-2-5-16-15(9-20-12-21-16)18(25)23-10-13(8-14(11-23)19(26)27)17(24)22-6-3-4-7-22/h9,12-14H,2-8,10-11H2,1H3,(H,26,27)/t13-,14+/m1/s1. The van der Waals surface area contributed by atoms with E-state index in [1.54, 1.807) is 4.90 Å². The lowest BCUT2D eigenvalue weighted by Gasteiger charge is -2.37. The van der Waals surface area contributed by atoms with Crippen LogP contribution in [-0.4, -0.2) is 68.8 Å². The van der Waals surface area contributed by atoms with Gasteiger partial charge >= 0.3 is 5.97 Å². The molecule has 3 heterocycles. The summed E-state index contributed by atoms with van der Waals surface area (Å²) in [6, 6.07) is 0. The number of hydrogen-bond acceptors (Lipinski definition) is 5. The molecule has 1 aromatic rings. The topological polar surface area (TPSA) is 104 Å². The Morgan fingerprint density at radius 1 is 1.15 bits per heavy atom. The summed E-state index contributed by atoms with van der Waals surface area (Å²) in [5, 5.41) is 9.52. The van der Waals surface area contributed by atoms with Crippen LogP contribution in [0.4, 0.5) is 0 Å². The van der Waals surface area contributed by atoms with Crippen molar-refractivity contribution in [1.29, 1.82) is 0 Å². The number of nitrogens with zero attached hydrogens (tertiary/aromatic N) is 4. The smallest absolute Gasteiger partial charge is 0.308 e. The molecule has 2 amide bonds. The van der Waals surface area contributed by atoms with Gasteiger partial charge in [-0.15, -0.1) is 0 Å². The maximum absolute atomic E-state index is 13.1. The van der Waals surface area contributed by atoms with E-state index in [0.717, 1.165) is 19.3 Å². The quantitative estimate of drug-likeness (QED) is 0.831. The van der Waals surface area contributed by atoms with E-state index in [9.17, 15) is 19.5 Å². The van der Waals surface area contributed by atoms with Gasteiger partial charge < -0.3 is 14.9 Å². The molecule has 0 spiro atoms. The molecule has 3 rings (SSSR count). The van der Waals surface area contributed by atoms with Gasteiger partial charge in [0.05, 0.1) is 23.1 Å². The number of aromatic nitrogens is 2. The van der Waals surface area contributed by atoms with E-state index in [2.05, 4.69) is 9.97 Å². The van der Waals surface area contributed by atoms with E-state index in [1.165, 1.54) is 17.4 Å². The molecule has 8 heteroatoms. The summed E-state index contributed by atoms with van der Waals surface area (Å²) in [5.74, 6) is -2.50. The summed E-state index contributed by atoms with van der Waals surface area (Å²) in [6.07, 6.45) is 6.62. The average molecular weight is 374 g/mol. The highest BCUT2D eigenvalue weighted by Crippen LogP contribution is 2.27. The lowest BCUT2D eigenvalue weighted by atomic mass is 9.87. The van der Waals surface area contributed by atoms with Crippen molar-refractivity contribution in [2.24, 2.45) is 11.8 Å². The van der Waals surface area contributed by atoms with E-state index >= 15 is 0 Å². The van der Waals surface area contributed by atoms with Crippen molar-refractivity contribution in [3.8, 4) is 0 Å². The lowest BCUT2D eigenvalue weighted by Crippen LogP contribution is -2.50. The number of aliphatic carboxylic acids is 1. The minimum absolute atomic E-state index is 0.0330. The van der Waals surface area contributed by atoms with Crippen LogP contribution in [0.5, 0.6) is 0 Å². The Balaban J connectivity index is 1.81. The second-order valence-corrected chi connectivity index (χ2v) is 7.34. The molecule has 2 aliphatic heterocycles. The number of hydrogen-bond donors (Lipinski definition) is 1. The zero-order chi connectivity index (χ0) is 19.4. The fourth-order valence-electron chi connectivity index (χ4n) is 3.96. The molecule has 0 radical (unpaired) electrons. The van der Waals surface area contributed by atoms with E-state index < -0.39 is 17.8 Å². The van der Waals surface area contributed by atoms with E-state index in [-0.39, 0.29) is 31.3 Å². The highest BCUT2D eigenvalue weighted by molar-refractivity contribution is 5.96. The van der Waals surface area contributed by atoms with E-state index in [1.807, 2.05) is 6.92 Å². The Morgan fingerprint density at radius 2 is 1.85 bits per heavy atom. The second kappa shape index (κ2) is 8.45. The molecule has 2 fully saturated rings. The summed E-state index contributed by atoms with van der Waals surface area (Å²) >= 11 is 0. The van der Waals surface area contributed by atoms with Gasteiger partial charge in [-0.25, -0.2) is 9.97 Å². The summed E-state index contributed by atoms with van der Waals surface area (Å²) in [4.78, 5) is 49.0. The lowest BCUT2D eigenvalue weighted by molar-refractivity contribution is -0.146. The molecule has 1 aromatic heterocycles. The van der Waals surface area contributed by atoms with Crippen molar-refractivity contribution in [2.45, 2.75) is 39.0 Å². The molecule has 8 nitrogen and oxygen atoms in total. The van der Waals surface area contributed by atoms with Crippen LogP contribution < -0.4 is 0 Å². The molecule has 27 heavy (non-hydrogen) atoms. The molecule has 2 atom stereocenters. The normalized spacial score (nSPS) is 22.7. The SMILES string of the molecule is CCCc1ncncc1C(=O)N1C[C@@H](C(=O)O)C[C@@H](C(=O)N2CCCC2)C1. The number of carbonyl (C=O) groups excluding carboxylic acids is 2. The van der Waals surface area contributed by atoms with Crippen LogP contribution in [0.2, 0.25) is 0 Å².